The lowest BCUT2D eigenvalue weighted by Crippen LogP contribution is -2.42. The molecule has 1 aromatic rings. The summed E-state index contributed by atoms with van der Waals surface area (Å²) in [5.74, 6) is 0.411. The standard InChI is InChI=1S/C14H18N2O3/c1-9(2)16-10-5-6-15(11(10)8-13(16)17)14(18)12-4-3-7-19-12/h3-4,7,9-11H,5-6,8H2,1-2H3/t10-,11-/m1/s1. The molecule has 0 saturated carbocycles. The Balaban J connectivity index is 1.81. The second kappa shape index (κ2) is 4.40. The van der Waals surface area contributed by atoms with Crippen LogP contribution >= 0.6 is 0 Å². The molecule has 1 aromatic heterocycles. The van der Waals surface area contributed by atoms with Gasteiger partial charge in [0.05, 0.1) is 18.3 Å². The van der Waals surface area contributed by atoms with Crippen LogP contribution in [0.2, 0.25) is 0 Å². The lowest BCUT2D eigenvalue weighted by molar-refractivity contribution is -0.130. The Labute approximate surface area is 112 Å². The Morgan fingerprint density at radius 1 is 1.42 bits per heavy atom. The van der Waals surface area contributed by atoms with Gasteiger partial charge in [0.25, 0.3) is 5.91 Å². The number of amides is 2. The van der Waals surface area contributed by atoms with E-state index in [0.29, 0.717) is 18.7 Å². The van der Waals surface area contributed by atoms with Gasteiger partial charge in [-0.05, 0) is 32.4 Å². The number of hydrogen-bond donors (Lipinski definition) is 0. The zero-order chi connectivity index (χ0) is 13.6. The van der Waals surface area contributed by atoms with Gasteiger partial charge in [-0.3, -0.25) is 9.59 Å². The SMILES string of the molecule is CC(C)N1C(=O)C[C@@H]2[C@H]1CCN2C(=O)c1ccco1. The van der Waals surface area contributed by atoms with Gasteiger partial charge in [-0.2, -0.15) is 0 Å². The lowest BCUT2D eigenvalue weighted by Gasteiger charge is -2.28. The van der Waals surface area contributed by atoms with Gasteiger partial charge in [-0.1, -0.05) is 0 Å². The van der Waals surface area contributed by atoms with E-state index in [4.69, 9.17) is 4.42 Å². The average molecular weight is 262 g/mol. The van der Waals surface area contributed by atoms with Crippen LogP contribution in [0.25, 0.3) is 0 Å². The predicted molar refractivity (Wildman–Crippen MR) is 68.5 cm³/mol. The Morgan fingerprint density at radius 3 is 2.84 bits per heavy atom. The van der Waals surface area contributed by atoms with Crippen molar-refractivity contribution in [2.75, 3.05) is 6.54 Å². The van der Waals surface area contributed by atoms with Gasteiger partial charge < -0.3 is 14.2 Å². The third-order valence-electron chi connectivity index (χ3n) is 4.09. The summed E-state index contributed by atoms with van der Waals surface area (Å²) >= 11 is 0. The molecule has 0 aromatic carbocycles. The molecule has 0 spiro atoms. The van der Waals surface area contributed by atoms with Crippen LogP contribution in [0.15, 0.2) is 22.8 Å². The summed E-state index contributed by atoms with van der Waals surface area (Å²) in [4.78, 5) is 28.1. The van der Waals surface area contributed by atoms with Crippen molar-refractivity contribution in [2.45, 2.75) is 44.8 Å². The summed E-state index contributed by atoms with van der Waals surface area (Å²) in [6.45, 7) is 4.75. The normalized spacial score (nSPS) is 26.4. The second-order valence-electron chi connectivity index (χ2n) is 5.50. The molecule has 2 amide bonds. The molecule has 0 bridgehead atoms. The van der Waals surface area contributed by atoms with E-state index < -0.39 is 0 Å². The van der Waals surface area contributed by atoms with E-state index in [1.165, 1.54) is 6.26 Å². The molecule has 0 unspecified atom stereocenters. The van der Waals surface area contributed by atoms with Gasteiger partial charge >= 0.3 is 0 Å². The van der Waals surface area contributed by atoms with Crippen LogP contribution in [0.4, 0.5) is 0 Å². The van der Waals surface area contributed by atoms with Crippen molar-refractivity contribution in [2.24, 2.45) is 0 Å². The molecule has 2 fully saturated rings. The number of rotatable bonds is 2. The third kappa shape index (κ3) is 1.84. The second-order valence-corrected chi connectivity index (χ2v) is 5.50. The van der Waals surface area contributed by atoms with Crippen LogP contribution in [0, 0.1) is 0 Å². The van der Waals surface area contributed by atoms with Crippen LogP contribution in [0.1, 0.15) is 37.2 Å². The zero-order valence-electron chi connectivity index (χ0n) is 11.2. The lowest BCUT2D eigenvalue weighted by atomic mass is 10.1. The van der Waals surface area contributed by atoms with Crippen molar-refractivity contribution in [3.05, 3.63) is 24.2 Å². The van der Waals surface area contributed by atoms with Crippen LogP contribution < -0.4 is 0 Å². The first-order chi connectivity index (χ1) is 9.09. The maximum Gasteiger partial charge on any atom is 0.289 e. The van der Waals surface area contributed by atoms with Gasteiger partial charge in [-0.15, -0.1) is 0 Å². The van der Waals surface area contributed by atoms with Crippen LogP contribution in [0.3, 0.4) is 0 Å². The number of likely N-dealkylation sites (tertiary alicyclic amines) is 2. The molecule has 5 heteroatoms. The topological polar surface area (TPSA) is 53.8 Å². The summed E-state index contributed by atoms with van der Waals surface area (Å²) in [6.07, 6.45) is 2.80. The molecule has 19 heavy (non-hydrogen) atoms. The first-order valence-electron chi connectivity index (χ1n) is 6.75. The molecule has 5 nitrogen and oxygen atoms in total. The molecule has 2 atom stereocenters. The summed E-state index contributed by atoms with van der Waals surface area (Å²) in [7, 11) is 0. The Morgan fingerprint density at radius 2 is 2.21 bits per heavy atom. The van der Waals surface area contributed by atoms with Crippen molar-refractivity contribution in [3.8, 4) is 0 Å². The molecule has 2 aliphatic heterocycles. The number of hydrogen-bond acceptors (Lipinski definition) is 3. The van der Waals surface area contributed by atoms with E-state index in [-0.39, 0.29) is 29.9 Å². The fourth-order valence-electron chi connectivity index (χ4n) is 3.34. The molecular formula is C14H18N2O3. The summed E-state index contributed by atoms with van der Waals surface area (Å²) in [6, 6.07) is 3.76. The van der Waals surface area contributed by atoms with Gasteiger partial charge in [0, 0.05) is 19.0 Å². The molecule has 2 aliphatic rings. The van der Waals surface area contributed by atoms with Gasteiger partial charge in [0.1, 0.15) is 0 Å². The minimum Gasteiger partial charge on any atom is -0.459 e. The quantitative estimate of drug-likeness (QED) is 0.811. The molecule has 0 aliphatic carbocycles. The zero-order valence-corrected chi connectivity index (χ0v) is 11.2. The van der Waals surface area contributed by atoms with Crippen LogP contribution in [0.5, 0.6) is 0 Å². The fraction of sp³-hybridized carbons (Fsp3) is 0.571. The number of carbonyl (C=O) groups is 2. The maximum atomic E-state index is 12.3. The number of nitrogens with zero attached hydrogens (tertiary/aromatic N) is 2. The highest BCUT2D eigenvalue weighted by Crippen LogP contribution is 2.34. The van der Waals surface area contributed by atoms with E-state index in [1.807, 2.05) is 18.7 Å². The van der Waals surface area contributed by atoms with Crippen LogP contribution in [-0.2, 0) is 4.79 Å². The molecule has 0 radical (unpaired) electrons. The molecule has 2 saturated heterocycles. The van der Waals surface area contributed by atoms with Gasteiger partial charge in [0.2, 0.25) is 5.91 Å². The molecule has 0 N–H and O–H groups in total. The van der Waals surface area contributed by atoms with Crippen molar-refractivity contribution in [3.63, 3.8) is 0 Å². The number of furan rings is 1. The first kappa shape index (κ1) is 12.3. The highest BCUT2D eigenvalue weighted by atomic mass is 16.3. The van der Waals surface area contributed by atoms with E-state index in [0.717, 1.165) is 6.42 Å². The fourth-order valence-corrected chi connectivity index (χ4v) is 3.34. The Hall–Kier alpha value is -1.78. The smallest absolute Gasteiger partial charge is 0.289 e. The summed E-state index contributed by atoms with van der Waals surface area (Å²) < 4.78 is 5.17. The average Bonchev–Trinajstić information content (AvgIpc) is 3.01. The molecule has 3 heterocycles. The largest absolute Gasteiger partial charge is 0.459 e. The maximum absolute atomic E-state index is 12.3. The summed E-state index contributed by atoms with van der Waals surface area (Å²) in [5, 5.41) is 0. The van der Waals surface area contributed by atoms with Crippen molar-refractivity contribution < 1.29 is 14.0 Å². The van der Waals surface area contributed by atoms with E-state index in [1.54, 1.807) is 17.0 Å². The predicted octanol–water partition coefficient (Wildman–Crippen LogP) is 1.50. The summed E-state index contributed by atoms with van der Waals surface area (Å²) in [5.41, 5.74) is 0. The highest BCUT2D eigenvalue weighted by Gasteiger charge is 2.49. The van der Waals surface area contributed by atoms with Crippen molar-refractivity contribution in [1.82, 2.24) is 9.80 Å². The minimum absolute atomic E-state index is 0.00694. The van der Waals surface area contributed by atoms with Crippen molar-refractivity contribution in [1.29, 1.82) is 0 Å². The minimum atomic E-state index is -0.101. The van der Waals surface area contributed by atoms with Gasteiger partial charge in [-0.25, -0.2) is 0 Å². The van der Waals surface area contributed by atoms with E-state index >= 15 is 0 Å². The molecule has 3 rings (SSSR count). The third-order valence-corrected chi connectivity index (χ3v) is 4.09. The van der Waals surface area contributed by atoms with Gasteiger partial charge in [0.15, 0.2) is 5.76 Å². The highest BCUT2D eigenvalue weighted by molar-refractivity contribution is 5.93. The number of carbonyl (C=O) groups excluding carboxylic acids is 2. The Kier molecular flexibility index (Phi) is 2.84. The van der Waals surface area contributed by atoms with Crippen molar-refractivity contribution >= 4 is 11.8 Å². The monoisotopic (exact) mass is 262 g/mol. The molecule has 102 valence electrons. The van der Waals surface area contributed by atoms with E-state index in [2.05, 4.69) is 0 Å². The number of fused-ring (bicyclic) bond motifs is 1. The van der Waals surface area contributed by atoms with Crippen LogP contribution in [-0.4, -0.2) is 46.3 Å². The molecular weight excluding hydrogens is 244 g/mol. The Bertz CT molecular complexity index is 495. The van der Waals surface area contributed by atoms with E-state index in [9.17, 15) is 9.59 Å². The first-order valence-corrected chi connectivity index (χ1v) is 6.75.